The van der Waals surface area contributed by atoms with Gasteiger partial charge < -0.3 is 30.5 Å². The fourth-order valence-corrected chi connectivity index (χ4v) is 4.55. The van der Waals surface area contributed by atoms with Crippen LogP contribution in [0.25, 0.3) is 0 Å². The van der Waals surface area contributed by atoms with Crippen LogP contribution in [0, 0.1) is 0 Å². The van der Waals surface area contributed by atoms with Crippen molar-refractivity contribution >= 4 is 29.4 Å². The van der Waals surface area contributed by atoms with Gasteiger partial charge in [0.05, 0.1) is 19.8 Å². The lowest BCUT2D eigenvalue weighted by molar-refractivity contribution is -0.143. The molecule has 0 bridgehead atoms. The second-order valence-corrected chi connectivity index (χ2v) is 10.9. The number of anilines is 1. The average Bonchev–Trinajstić information content (AvgIpc) is 2.99. The standard InChI is InChI=1S/C33H55N3O7/c1-2-3-4-5-6-7-8-9-10-11-12-13-17-20-30(37)34-23-24-42-25-26-43-27-32(39)36-29(33(40)41)21-22-31(38)35-28-18-15-14-16-19-28/h14-16,18-19,29H,2-13,17,20-27H2,1H3,(H,34,37)(H,35,38)(H,36,39)(H,40,41). The normalized spacial score (nSPS) is 11.6. The molecule has 0 spiro atoms. The molecular formula is C33H55N3O7. The predicted molar refractivity (Wildman–Crippen MR) is 169 cm³/mol. The Kier molecular flexibility index (Phi) is 23.6. The van der Waals surface area contributed by atoms with E-state index in [2.05, 4.69) is 22.9 Å². The molecule has 0 aliphatic heterocycles. The number of hydrogen-bond acceptors (Lipinski definition) is 6. The number of carbonyl (C=O) groups is 4. The summed E-state index contributed by atoms with van der Waals surface area (Å²) in [6, 6.07) is 7.64. The molecule has 0 radical (unpaired) electrons. The molecule has 10 heteroatoms. The number of para-hydroxylation sites is 1. The first-order valence-electron chi connectivity index (χ1n) is 16.2. The molecular weight excluding hydrogens is 550 g/mol. The first-order valence-corrected chi connectivity index (χ1v) is 16.2. The molecule has 0 aromatic heterocycles. The summed E-state index contributed by atoms with van der Waals surface area (Å²) in [5, 5.41) is 17.3. The lowest BCUT2D eigenvalue weighted by Crippen LogP contribution is -2.43. The van der Waals surface area contributed by atoms with Gasteiger partial charge in [-0.25, -0.2) is 4.79 Å². The summed E-state index contributed by atoms with van der Waals surface area (Å²) in [6.45, 7) is 3.07. The maximum absolute atomic E-state index is 12.1. The Balaban J connectivity index is 1.93. The number of hydrogen-bond donors (Lipinski definition) is 4. The number of amides is 3. The van der Waals surface area contributed by atoms with Gasteiger partial charge in [-0.2, -0.15) is 0 Å². The van der Waals surface area contributed by atoms with E-state index in [1.165, 1.54) is 70.6 Å². The van der Waals surface area contributed by atoms with Crippen LogP contribution < -0.4 is 16.0 Å². The summed E-state index contributed by atoms with van der Waals surface area (Å²) in [5.41, 5.74) is 0.617. The van der Waals surface area contributed by atoms with Gasteiger partial charge in [0, 0.05) is 25.1 Å². The molecule has 43 heavy (non-hydrogen) atoms. The van der Waals surface area contributed by atoms with E-state index in [4.69, 9.17) is 9.47 Å². The minimum Gasteiger partial charge on any atom is -0.480 e. The van der Waals surface area contributed by atoms with Gasteiger partial charge in [-0.1, -0.05) is 102 Å². The van der Waals surface area contributed by atoms with Gasteiger partial charge in [0.1, 0.15) is 12.6 Å². The number of rotatable bonds is 28. The molecule has 0 saturated heterocycles. The topological polar surface area (TPSA) is 143 Å². The molecule has 0 saturated carbocycles. The quantitative estimate of drug-likeness (QED) is 0.0910. The Labute approximate surface area is 258 Å². The molecule has 1 aromatic carbocycles. The average molecular weight is 606 g/mol. The van der Waals surface area contributed by atoms with Crippen molar-refractivity contribution in [3.63, 3.8) is 0 Å². The first kappa shape index (κ1) is 38.0. The minimum atomic E-state index is -1.22. The summed E-state index contributed by atoms with van der Waals surface area (Å²) in [6.07, 6.45) is 17.0. The van der Waals surface area contributed by atoms with Gasteiger partial charge in [0.25, 0.3) is 0 Å². The number of nitrogens with one attached hydrogen (secondary N) is 3. The zero-order valence-corrected chi connectivity index (χ0v) is 26.2. The Bertz CT molecular complexity index is 883. The third kappa shape index (κ3) is 23.2. The van der Waals surface area contributed by atoms with Gasteiger partial charge in [-0.15, -0.1) is 0 Å². The third-order valence-electron chi connectivity index (χ3n) is 7.03. The van der Waals surface area contributed by atoms with Crippen molar-refractivity contribution in [2.75, 3.05) is 38.3 Å². The van der Waals surface area contributed by atoms with Crippen LogP contribution in [0.3, 0.4) is 0 Å². The lowest BCUT2D eigenvalue weighted by atomic mass is 10.0. The number of carboxylic acids is 1. The fraction of sp³-hybridized carbons (Fsp3) is 0.697. The van der Waals surface area contributed by atoms with E-state index in [-0.39, 0.29) is 44.5 Å². The summed E-state index contributed by atoms with van der Waals surface area (Å²) < 4.78 is 10.7. The maximum Gasteiger partial charge on any atom is 0.326 e. The SMILES string of the molecule is CCCCCCCCCCCCCCCC(=O)NCCOCCOCC(=O)NC(CCC(=O)Nc1ccccc1)C(=O)O. The molecule has 1 rings (SSSR count). The van der Waals surface area contributed by atoms with Crippen molar-refractivity contribution in [2.24, 2.45) is 0 Å². The largest absolute Gasteiger partial charge is 0.480 e. The van der Waals surface area contributed by atoms with Crippen LogP contribution in [-0.4, -0.2) is 67.8 Å². The van der Waals surface area contributed by atoms with Gasteiger partial charge in [0.15, 0.2) is 0 Å². The summed E-state index contributed by atoms with van der Waals surface area (Å²) in [7, 11) is 0. The number of ether oxygens (including phenoxy) is 2. The van der Waals surface area contributed by atoms with E-state index < -0.39 is 17.9 Å². The Morgan fingerprint density at radius 1 is 0.698 bits per heavy atom. The zero-order chi connectivity index (χ0) is 31.4. The molecule has 244 valence electrons. The van der Waals surface area contributed by atoms with Gasteiger partial charge in [-0.3, -0.25) is 14.4 Å². The molecule has 1 aromatic rings. The lowest BCUT2D eigenvalue weighted by Gasteiger charge is -2.14. The second-order valence-electron chi connectivity index (χ2n) is 10.9. The van der Waals surface area contributed by atoms with Crippen LogP contribution >= 0.6 is 0 Å². The molecule has 1 atom stereocenters. The van der Waals surface area contributed by atoms with Crippen molar-refractivity contribution in [1.82, 2.24) is 10.6 Å². The highest BCUT2D eigenvalue weighted by Gasteiger charge is 2.21. The van der Waals surface area contributed by atoms with Gasteiger partial charge in [-0.05, 0) is 25.0 Å². The number of carbonyl (C=O) groups excluding carboxylic acids is 3. The molecule has 4 N–H and O–H groups in total. The van der Waals surface area contributed by atoms with Crippen LogP contribution in [0.2, 0.25) is 0 Å². The van der Waals surface area contributed by atoms with Crippen molar-refractivity contribution in [3.05, 3.63) is 30.3 Å². The molecule has 0 heterocycles. The maximum atomic E-state index is 12.1. The third-order valence-corrected chi connectivity index (χ3v) is 7.03. The van der Waals surface area contributed by atoms with Crippen molar-refractivity contribution in [3.8, 4) is 0 Å². The smallest absolute Gasteiger partial charge is 0.326 e. The number of benzene rings is 1. The number of unbranched alkanes of at least 4 members (excludes halogenated alkanes) is 12. The molecule has 0 aliphatic carbocycles. The van der Waals surface area contributed by atoms with E-state index >= 15 is 0 Å². The summed E-state index contributed by atoms with van der Waals surface area (Å²) in [4.78, 5) is 47.5. The Hall–Kier alpha value is -2.98. The van der Waals surface area contributed by atoms with Crippen LogP contribution in [0.15, 0.2) is 30.3 Å². The minimum absolute atomic E-state index is 0.0325. The summed E-state index contributed by atoms with van der Waals surface area (Å²) in [5.74, 6) is -2.11. The van der Waals surface area contributed by atoms with E-state index in [1.807, 2.05) is 6.07 Å². The van der Waals surface area contributed by atoms with Crippen molar-refractivity contribution < 1.29 is 33.8 Å². The van der Waals surface area contributed by atoms with E-state index in [0.29, 0.717) is 25.3 Å². The van der Waals surface area contributed by atoms with E-state index in [1.54, 1.807) is 24.3 Å². The van der Waals surface area contributed by atoms with Crippen LogP contribution in [0.4, 0.5) is 5.69 Å². The highest BCUT2D eigenvalue weighted by molar-refractivity contribution is 5.91. The van der Waals surface area contributed by atoms with Crippen LogP contribution in [0.1, 0.15) is 110 Å². The monoisotopic (exact) mass is 605 g/mol. The van der Waals surface area contributed by atoms with Crippen molar-refractivity contribution in [2.45, 2.75) is 116 Å². The molecule has 0 fully saturated rings. The second kappa shape index (κ2) is 26.6. The molecule has 0 aliphatic rings. The van der Waals surface area contributed by atoms with Crippen LogP contribution in [0.5, 0.6) is 0 Å². The fourth-order valence-electron chi connectivity index (χ4n) is 4.55. The van der Waals surface area contributed by atoms with Crippen LogP contribution in [-0.2, 0) is 28.7 Å². The molecule has 3 amide bonds. The number of aliphatic carboxylic acids is 1. The predicted octanol–water partition coefficient (Wildman–Crippen LogP) is 5.61. The molecule has 1 unspecified atom stereocenters. The Morgan fingerprint density at radius 3 is 1.88 bits per heavy atom. The Morgan fingerprint density at radius 2 is 1.28 bits per heavy atom. The van der Waals surface area contributed by atoms with Gasteiger partial charge >= 0.3 is 5.97 Å². The van der Waals surface area contributed by atoms with Gasteiger partial charge in [0.2, 0.25) is 17.7 Å². The molecule has 10 nitrogen and oxygen atoms in total. The highest BCUT2D eigenvalue weighted by Crippen LogP contribution is 2.13. The van der Waals surface area contributed by atoms with E-state index in [9.17, 15) is 24.3 Å². The van der Waals surface area contributed by atoms with Crippen molar-refractivity contribution in [1.29, 1.82) is 0 Å². The summed E-state index contributed by atoms with van der Waals surface area (Å²) >= 11 is 0. The number of carboxylic acid groups (broad SMARTS) is 1. The highest BCUT2D eigenvalue weighted by atomic mass is 16.5. The first-order chi connectivity index (χ1) is 20.9. The van der Waals surface area contributed by atoms with E-state index in [0.717, 1.165) is 12.8 Å². The zero-order valence-electron chi connectivity index (χ0n) is 26.2.